The Bertz CT molecular complexity index is 1010. The van der Waals surface area contributed by atoms with Gasteiger partial charge in [-0.3, -0.25) is 4.18 Å². The lowest BCUT2D eigenvalue weighted by Gasteiger charge is -2.13. The number of nitrogens with zero attached hydrogens (tertiary/aromatic N) is 1. The molecule has 0 saturated carbocycles. The molecule has 0 aliphatic carbocycles. The molecule has 1 aliphatic heterocycles. The lowest BCUT2D eigenvalue weighted by molar-refractivity contribution is 0.257. The number of benzene rings is 2. The van der Waals surface area contributed by atoms with E-state index in [1.807, 2.05) is 13.8 Å². The summed E-state index contributed by atoms with van der Waals surface area (Å²) < 4.78 is 56.4. The van der Waals surface area contributed by atoms with Crippen LogP contribution in [0.4, 0.5) is 0 Å². The van der Waals surface area contributed by atoms with E-state index in [-0.39, 0.29) is 28.4 Å². The maximum atomic E-state index is 12.6. The number of sulfonamides is 1. The zero-order chi connectivity index (χ0) is 19.8. The van der Waals surface area contributed by atoms with Crippen molar-refractivity contribution in [1.82, 2.24) is 4.31 Å². The van der Waals surface area contributed by atoms with Gasteiger partial charge in [-0.25, -0.2) is 8.42 Å². The van der Waals surface area contributed by atoms with E-state index >= 15 is 0 Å². The van der Waals surface area contributed by atoms with Gasteiger partial charge in [-0.05, 0) is 44.0 Å². The highest BCUT2D eigenvalue weighted by molar-refractivity contribution is 7.89. The van der Waals surface area contributed by atoms with Crippen LogP contribution in [0.3, 0.4) is 0 Å². The molecule has 3 atom stereocenters. The molecule has 0 radical (unpaired) electrons. The standard InChI is InChI=1S/C19H23NO5S2/c1-14-4-8-17(9-5-14)26(21,22)20-12-19(20)16(3)13-25-27(23,24)18-10-6-15(2)7-11-18/h4-11,16,19H,12-13H2,1-3H3/t16-,19+,20?/m1/s1. The highest BCUT2D eigenvalue weighted by atomic mass is 32.2. The molecule has 1 aliphatic rings. The van der Waals surface area contributed by atoms with Crippen LogP contribution < -0.4 is 0 Å². The average molecular weight is 410 g/mol. The molecule has 2 aromatic rings. The number of hydrogen-bond acceptors (Lipinski definition) is 5. The summed E-state index contributed by atoms with van der Waals surface area (Å²) in [5, 5.41) is 0. The third-order valence-corrected chi connectivity index (χ3v) is 7.88. The molecule has 1 saturated heterocycles. The predicted molar refractivity (Wildman–Crippen MR) is 102 cm³/mol. The van der Waals surface area contributed by atoms with Crippen molar-refractivity contribution in [2.45, 2.75) is 36.6 Å². The van der Waals surface area contributed by atoms with E-state index in [0.717, 1.165) is 11.1 Å². The zero-order valence-corrected chi connectivity index (χ0v) is 17.1. The van der Waals surface area contributed by atoms with Crippen molar-refractivity contribution in [3.05, 3.63) is 59.7 Å². The molecular formula is C19H23NO5S2. The van der Waals surface area contributed by atoms with Crippen molar-refractivity contribution in [3.63, 3.8) is 0 Å². The number of rotatable bonds is 7. The quantitative estimate of drug-likeness (QED) is 0.519. The Hall–Kier alpha value is -1.74. The first-order chi connectivity index (χ1) is 12.6. The Balaban J connectivity index is 1.62. The van der Waals surface area contributed by atoms with Gasteiger partial charge in [-0.2, -0.15) is 12.7 Å². The molecule has 27 heavy (non-hydrogen) atoms. The van der Waals surface area contributed by atoms with Gasteiger partial charge in [0.1, 0.15) is 0 Å². The van der Waals surface area contributed by atoms with Crippen LogP contribution in [0, 0.1) is 19.8 Å². The largest absolute Gasteiger partial charge is 0.296 e. The fourth-order valence-electron chi connectivity index (χ4n) is 2.80. The zero-order valence-electron chi connectivity index (χ0n) is 15.5. The average Bonchev–Trinajstić information content (AvgIpc) is 3.42. The number of aryl methyl sites for hydroxylation is 2. The molecule has 1 unspecified atom stereocenters. The summed E-state index contributed by atoms with van der Waals surface area (Å²) in [6, 6.07) is 12.8. The second-order valence-electron chi connectivity index (χ2n) is 6.98. The molecule has 2 aromatic carbocycles. The van der Waals surface area contributed by atoms with Gasteiger partial charge in [0, 0.05) is 12.6 Å². The van der Waals surface area contributed by atoms with Crippen LogP contribution in [0.25, 0.3) is 0 Å². The molecule has 1 heterocycles. The van der Waals surface area contributed by atoms with Crippen LogP contribution in [0.2, 0.25) is 0 Å². The molecule has 0 bridgehead atoms. The normalized spacial score (nSPS) is 21.0. The summed E-state index contributed by atoms with van der Waals surface area (Å²) in [4.78, 5) is 0.344. The Morgan fingerprint density at radius 1 is 0.926 bits per heavy atom. The summed E-state index contributed by atoms with van der Waals surface area (Å²) in [6.45, 7) is 5.85. The monoisotopic (exact) mass is 409 g/mol. The fraction of sp³-hybridized carbons (Fsp3) is 0.368. The molecule has 8 heteroatoms. The first kappa shape index (κ1) is 20.0. The summed E-state index contributed by atoms with van der Waals surface area (Å²) >= 11 is 0. The Morgan fingerprint density at radius 3 is 1.93 bits per heavy atom. The Morgan fingerprint density at radius 2 is 1.41 bits per heavy atom. The topological polar surface area (TPSA) is 80.5 Å². The third kappa shape index (κ3) is 4.40. The molecular weight excluding hydrogens is 386 g/mol. The summed E-state index contributed by atoms with van der Waals surface area (Å²) in [5.74, 6) is -0.245. The van der Waals surface area contributed by atoms with E-state index in [2.05, 4.69) is 0 Å². The van der Waals surface area contributed by atoms with Crippen molar-refractivity contribution in [2.24, 2.45) is 5.92 Å². The van der Waals surface area contributed by atoms with Crippen molar-refractivity contribution < 1.29 is 21.0 Å². The molecule has 0 aromatic heterocycles. The van der Waals surface area contributed by atoms with Crippen LogP contribution >= 0.6 is 0 Å². The summed E-state index contributed by atoms with van der Waals surface area (Å²) in [7, 11) is -7.41. The first-order valence-electron chi connectivity index (χ1n) is 8.66. The van der Waals surface area contributed by atoms with Crippen LogP contribution in [0.1, 0.15) is 18.1 Å². The van der Waals surface area contributed by atoms with E-state index in [4.69, 9.17) is 4.18 Å². The fourth-order valence-corrected chi connectivity index (χ4v) is 5.47. The van der Waals surface area contributed by atoms with E-state index < -0.39 is 20.1 Å². The van der Waals surface area contributed by atoms with Gasteiger partial charge < -0.3 is 0 Å². The predicted octanol–water partition coefficient (Wildman–Crippen LogP) is 2.72. The molecule has 3 rings (SSSR count). The second kappa shape index (κ2) is 7.35. The van der Waals surface area contributed by atoms with Crippen LogP contribution in [0.5, 0.6) is 0 Å². The smallest absolute Gasteiger partial charge is 0.266 e. The van der Waals surface area contributed by atoms with Crippen LogP contribution in [-0.2, 0) is 24.3 Å². The minimum atomic E-state index is -3.86. The van der Waals surface area contributed by atoms with Crippen molar-refractivity contribution in [1.29, 1.82) is 0 Å². The highest BCUT2D eigenvalue weighted by Gasteiger charge is 2.47. The van der Waals surface area contributed by atoms with Crippen molar-refractivity contribution >= 4 is 20.1 Å². The van der Waals surface area contributed by atoms with E-state index in [0.29, 0.717) is 6.54 Å². The van der Waals surface area contributed by atoms with Gasteiger partial charge >= 0.3 is 0 Å². The summed E-state index contributed by atoms with van der Waals surface area (Å²) in [5.41, 5.74) is 1.94. The van der Waals surface area contributed by atoms with Gasteiger partial charge in [-0.15, -0.1) is 0 Å². The molecule has 6 nitrogen and oxygen atoms in total. The van der Waals surface area contributed by atoms with Gasteiger partial charge in [0.25, 0.3) is 10.1 Å². The lowest BCUT2D eigenvalue weighted by atomic mass is 10.1. The van der Waals surface area contributed by atoms with Gasteiger partial charge in [0.05, 0.1) is 16.4 Å². The SMILES string of the molecule is Cc1ccc(S(=O)(=O)OC[C@@H](C)[C@@H]2CN2S(=O)(=O)c2ccc(C)cc2)cc1. The van der Waals surface area contributed by atoms with Crippen LogP contribution in [-0.4, -0.2) is 40.3 Å². The van der Waals surface area contributed by atoms with E-state index in [1.54, 1.807) is 43.3 Å². The highest BCUT2D eigenvalue weighted by Crippen LogP contribution is 2.33. The van der Waals surface area contributed by atoms with E-state index in [9.17, 15) is 16.8 Å². The minimum Gasteiger partial charge on any atom is -0.266 e. The summed E-state index contributed by atoms with van der Waals surface area (Å²) in [6.07, 6.45) is 0. The second-order valence-corrected chi connectivity index (χ2v) is 10.5. The maximum absolute atomic E-state index is 12.6. The Labute approximate surface area is 161 Å². The van der Waals surface area contributed by atoms with E-state index in [1.165, 1.54) is 16.4 Å². The molecule has 0 spiro atoms. The van der Waals surface area contributed by atoms with Crippen molar-refractivity contribution in [2.75, 3.05) is 13.2 Å². The third-order valence-electron chi connectivity index (χ3n) is 4.68. The van der Waals surface area contributed by atoms with Gasteiger partial charge in [-0.1, -0.05) is 42.3 Å². The molecule has 0 N–H and O–H groups in total. The molecule has 1 fully saturated rings. The van der Waals surface area contributed by atoms with Gasteiger partial charge in [0.2, 0.25) is 10.0 Å². The van der Waals surface area contributed by atoms with Gasteiger partial charge in [0.15, 0.2) is 0 Å². The van der Waals surface area contributed by atoms with Crippen molar-refractivity contribution in [3.8, 4) is 0 Å². The molecule has 146 valence electrons. The lowest BCUT2D eigenvalue weighted by Crippen LogP contribution is -2.22. The minimum absolute atomic E-state index is 0.0687. The molecule has 0 amide bonds. The number of hydrogen-bond donors (Lipinski definition) is 0. The van der Waals surface area contributed by atoms with Crippen LogP contribution in [0.15, 0.2) is 58.3 Å². The Kier molecular flexibility index (Phi) is 5.45. The maximum Gasteiger partial charge on any atom is 0.296 e. The first-order valence-corrected chi connectivity index (χ1v) is 11.5.